The molecular weight excluding hydrogens is 384 g/mol. The van der Waals surface area contributed by atoms with Crippen LogP contribution in [0.25, 0.3) is 0 Å². The lowest BCUT2D eigenvalue weighted by Crippen LogP contribution is -2.42. The lowest BCUT2D eigenvalue weighted by Gasteiger charge is -2.36. The molecule has 0 heterocycles. The van der Waals surface area contributed by atoms with Crippen molar-refractivity contribution < 1.29 is 0 Å². The molecule has 1 aliphatic carbocycles. The maximum Gasteiger partial charge on any atom is 0.0234 e. The average molecular weight is 425 g/mol. The smallest absolute Gasteiger partial charge is 0.0234 e. The van der Waals surface area contributed by atoms with Gasteiger partial charge in [0, 0.05) is 30.6 Å². The first-order valence-corrected chi connectivity index (χ1v) is 13.0. The summed E-state index contributed by atoms with van der Waals surface area (Å²) in [6, 6.07) is 22.7. The molecule has 1 saturated carbocycles. The first-order chi connectivity index (χ1) is 14.8. The van der Waals surface area contributed by atoms with E-state index in [2.05, 4.69) is 77.4 Å². The average Bonchev–Trinajstić information content (AvgIpc) is 2.81. The summed E-state index contributed by atoms with van der Waals surface area (Å²) in [7, 11) is 0. The van der Waals surface area contributed by atoms with E-state index >= 15 is 0 Å². The monoisotopic (exact) mass is 424 g/mol. The first kappa shape index (κ1) is 23.4. The minimum atomic E-state index is 0.825. The molecule has 3 rings (SSSR count). The summed E-state index contributed by atoms with van der Waals surface area (Å²) < 4.78 is 0. The molecule has 30 heavy (non-hydrogen) atoms. The summed E-state index contributed by atoms with van der Waals surface area (Å²) in [5, 5.41) is 0. The largest absolute Gasteiger partial charge is 0.299 e. The Hall–Kier alpha value is -1.29. The molecule has 0 unspecified atom stereocenters. The van der Waals surface area contributed by atoms with Crippen molar-refractivity contribution in [1.82, 2.24) is 9.80 Å². The number of thioether (sulfide) groups is 1. The van der Waals surface area contributed by atoms with Gasteiger partial charge in [-0.15, -0.1) is 11.8 Å². The standard InChI is InChI=1S/C27H40N2S/c1-2-19-29(26-15-8-4-9-16-26)22-21-28(24-25-13-6-3-7-14-25)20-12-23-30-27-17-10-5-11-18-27/h3,5-7,10-11,13-14,17-18,26H,2,4,8-9,12,15-16,19-24H2,1H3. The minimum Gasteiger partial charge on any atom is -0.299 e. The van der Waals surface area contributed by atoms with Crippen LogP contribution in [0.1, 0.15) is 57.4 Å². The predicted octanol–water partition coefficient (Wildman–Crippen LogP) is 6.72. The molecule has 0 amide bonds. The molecule has 0 aromatic heterocycles. The molecule has 3 heteroatoms. The van der Waals surface area contributed by atoms with Gasteiger partial charge in [0.05, 0.1) is 0 Å². The van der Waals surface area contributed by atoms with Crippen LogP contribution in [0.3, 0.4) is 0 Å². The molecule has 0 radical (unpaired) electrons. The van der Waals surface area contributed by atoms with Crippen LogP contribution in [0, 0.1) is 0 Å². The van der Waals surface area contributed by atoms with Gasteiger partial charge < -0.3 is 0 Å². The number of benzene rings is 2. The summed E-state index contributed by atoms with van der Waals surface area (Å²) in [4.78, 5) is 6.88. The Morgan fingerprint density at radius 3 is 2.20 bits per heavy atom. The van der Waals surface area contributed by atoms with Crippen molar-refractivity contribution in [3.8, 4) is 0 Å². The highest BCUT2D eigenvalue weighted by atomic mass is 32.2. The molecule has 2 aromatic carbocycles. The third kappa shape index (κ3) is 8.45. The fourth-order valence-electron chi connectivity index (χ4n) is 4.59. The molecule has 1 fully saturated rings. The van der Waals surface area contributed by atoms with Crippen LogP contribution in [0.2, 0.25) is 0 Å². The van der Waals surface area contributed by atoms with Gasteiger partial charge in [-0.3, -0.25) is 9.80 Å². The predicted molar refractivity (Wildman–Crippen MR) is 132 cm³/mol. The Morgan fingerprint density at radius 2 is 1.50 bits per heavy atom. The second-order valence-corrected chi connectivity index (χ2v) is 9.77. The molecule has 0 atom stereocenters. The molecular formula is C27H40N2S. The zero-order valence-corrected chi connectivity index (χ0v) is 19.7. The maximum atomic E-state index is 2.80. The van der Waals surface area contributed by atoms with Gasteiger partial charge in [-0.1, -0.05) is 74.7 Å². The zero-order valence-electron chi connectivity index (χ0n) is 18.8. The Kier molecular flexibility index (Phi) is 10.8. The van der Waals surface area contributed by atoms with Crippen LogP contribution in [0.4, 0.5) is 0 Å². The highest BCUT2D eigenvalue weighted by molar-refractivity contribution is 7.99. The zero-order chi connectivity index (χ0) is 20.9. The van der Waals surface area contributed by atoms with E-state index in [0.29, 0.717) is 0 Å². The molecule has 2 aromatic rings. The minimum absolute atomic E-state index is 0.825. The summed E-state index contributed by atoms with van der Waals surface area (Å²) in [5.41, 5.74) is 1.44. The van der Waals surface area contributed by atoms with E-state index in [1.165, 1.54) is 87.3 Å². The van der Waals surface area contributed by atoms with Crippen molar-refractivity contribution in [3.05, 3.63) is 66.2 Å². The van der Waals surface area contributed by atoms with Crippen molar-refractivity contribution in [2.75, 3.05) is 31.9 Å². The van der Waals surface area contributed by atoms with Crippen LogP contribution in [0.15, 0.2) is 65.6 Å². The summed E-state index contributed by atoms with van der Waals surface area (Å²) >= 11 is 1.99. The molecule has 0 bridgehead atoms. The second kappa shape index (κ2) is 13.9. The second-order valence-electron chi connectivity index (χ2n) is 8.60. The van der Waals surface area contributed by atoms with Gasteiger partial charge in [0.2, 0.25) is 0 Å². The SMILES string of the molecule is CCCN(CCN(CCCSc1ccccc1)Cc1ccccc1)C1CCCCC1. The van der Waals surface area contributed by atoms with Gasteiger partial charge in [-0.2, -0.15) is 0 Å². The molecule has 0 N–H and O–H groups in total. The highest BCUT2D eigenvalue weighted by Crippen LogP contribution is 2.23. The molecule has 0 spiro atoms. The molecule has 2 nitrogen and oxygen atoms in total. The Balaban J connectivity index is 1.51. The molecule has 0 aliphatic heterocycles. The van der Waals surface area contributed by atoms with Gasteiger partial charge in [0.25, 0.3) is 0 Å². The number of rotatable bonds is 13. The van der Waals surface area contributed by atoms with Crippen molar-refractivity contribution in [2.45, 2.75) is 69.4 Å². The van der Waals surface area contributed by atoms with Gasteiger partial charge in [-0.25, -0.2) is 0 Å². The van der Waals surface area contributed by atoms with Gasteiger partial charge >= 0.3 is 0 Å². The topological polar surface area (TPSA) is 6.48 Å². The molecule has 1 aliphatic rings. The third-order valence-electron chi connectivity index (χ3n) is 6.18. The van der Waals surface area contributed by atoms with Crippen molar-refractivity contribution in [1.29, 1.82) is 0 Å². The molecule has 164 valence electrons. The van der Waals surface area contributed by atoms with Crippen molar-refractivity contribution in [2.24, 2.45) is 0 Å². The van der Waals surface area contributed by atoms with E-state index < -0.39 is 0 Å². The van der Waals surface area contributed by atoms with Crippen molar-refractivity contribution >= 4 is 11.8 Å². The fraction of sp³-hybridized carbons (Fsp3) is 0.556. The van der Waals surface area contributed by atoms with Crippen LogP contribution in [-0.4, -0.2) is 47.8 Å². The highest BCUT2D eigenvalue weighted by Gasteiger charge is 2.21. The van der Waals surface area contributed by atoms with Crippen LogP contribution < -0.4 is 0 Å². The fourth-order valence-corrected chi connectivity index (χ4v) is 5.45. The summed E-state index contributed by atoms with van der Waals surface area (Å²) in [6.45, 7) is 8.24. The van der Waals surface area contributed by atoms with E-state index in [-0.39, 0.29) is 0 Å². The number of hydrogen-bond donors (Lipinski definition) is 0. The van der Waals surface area contributed by atoms with Crippen molar-refractivity contribution in [3.63, 3.8) is 0 Å². The third-order valence-corrected chi connectivity index (χ3v) is 7.28. The van der Waals surface area contributed by atoms with Crippen LogP contribution in [0.5, 0.6) is 0 Å². The van der Waals surface area contributed by atoms with E-state index in [0.717, 1.165) is 12.6 Å². The quantitative estimate of drug-likeness (QED) is 0.260. The number of nitrogens with zero attached hydrogens (tertiary/aromatic N) is 2. The van der Waals surface area contributed by atoms with Gasteiger partial charge in [0.1, 0.15) is 0 Å². The van der Waals surface area contributed by atoms with Crippen LogP contribution in [-0.2, 0) is 6.54 Å². The number of hydrogen-bond acceptors (Lipinski definition) is 3. The maximum absolute atomic E-state index is 2.80. The normalized spacial score (nSPS) is 15.2. The molecule has 0 saturated heterocycles. The Bertz CT molecular complexity index is 670. The Morgan fingerprint density at radius 1 is 0.800 bits per heavy atom. The summed E-state index contributed by atoms with van der Waals surface area (Å²) in [6.07, 6.45) is 9.62. The lowest BCUT2D eigenvalue weighted by molar-refractivity contribution is 0.130. The van der Waals surface area contributed by atoms with E-state index in [1.54, 1.807) is 0 Å². The summed E-state index contributed by atoms with van der Waals surface area (Å²) in [5.74, 6) is 1.19. The van der Waals surface area contributed by atoms with E-state index in [4.69, 9.17) is 0 Å². The Labute approximate surface area is 189 Å². The van der Waals surface area contributed by atoms with E-state index in [9.17, 15) is 0 Å². The first-order valence-electron chi connectivity index (χ1n) is 12.0. The van der Waals surface area contributed by atoms with E-state index in [1.807, 2.05) is 11.8 Å². The van der Waals surface area contributed by atoms with Crippen LogP contribution >= 0.6 is 11.8 Å². The van der Waals surface area contributed by atoms with Gasteiger partial charge in [-0.05, 0) is 62.2 Å². The van der Waals surface area contributed by atoms with Gasteiger partial charge in [0.15, 0.2) is 0 Å². The lowest BCUT2D eigenvalue weighted by atomic mass is 9.94.